The molecule has 0 aliphatic rings. The molecule has 456 valence electrons. The fourth-order valence-electron chi connectivity index (χ4n) is 7.93. The molecule has 0 aromatic heterocycles. The first-order valence-corrected chi connectivity index (χ1v) is 28.3. The summed E-state index contributed by atoms with van der Waals surface area (Å²) < 4.78 is 24.7. The molecule has 0 saturated heterocycles. The second kappa shape index (κ2) is 33.4. The lowest BCUT2D eigenvalue weighted by Crippen LogP contribution is -2.44. The van der Waals surface area contributed by atoms with Gasteiger partial charge in [-0.25, -0.2) is 0 Å². The molecular formula is C58H116N8O12+4. The third-order valence-corrected chi connectivity index (χ3v) is 13.7. The van der Waals surface area contributed by atoms with Gasteiger partial charge in [-0.15, -0.1) is 0 Å². The van der Waals surface area contributed by atoms with Crippen molar-refractivity contribution in [1.29, 1.82) is 0 Å². The number of carbonyl (C=O) groups excluding carboxylic acids is 8. The van der Waals surface area contributed by atoms with Crippen molar-refractivity contribution in [2.75, 3.05) is 151 Å². The molecular weight excluding hydrogens is 1000 g/mol. The average molecular weight is 1120 g/mol. The summed E-state index contributed by atoms with van der Waals surface area (Å²) >= 11 is 0. The number of nitrogens with one attached hydrogen (secondary N) is 4. The van der Waals surface area contributed by atoms with Gasteiger partial charge in [-0.3, -0.25) is 38.4 Å². The third kappa shape index (κ3) is 33.3. The minimum absolute atomic E-state index is 0.0204. The molecule has 0 saturated carbocycles. The van der Waals surface area contributed by atoms with Gasteiger partial charge in [0.05, 0.1) is 120 Å². The quantitative estimate of drug-likeness (QED) is 0.0278. The molecule has 0 radical (unpaired) electrons. The molecule has 0 aromatic rings. The number of esters is 4. The molecule has 0 spiro atoms. The lowest BCUT2D eigenvalue weighted by atomic mass is 9.81. The molecule has 78 heavy (non-hydrogen) atoms. The molecule has 20 nitrogen and oxygen atoms in total. The first-order chi connectivity index (χ1) is 35.3. The van der Waals surface area contributed by atoms with Crippen LogP contribution in [0.4, 0.5) is 0 Å². The van der Waals surface area contributed by atoms with Crippen LogP contribution in [-0.4, -0.2) is 216 Å². The van der Waals surface area contributed by atoms with Crippen LogP contribution in [0.3, 0.4) is 0 Å². The summed E-state index contributed by atoms with van der Waals surface area (Å²) in [7, 11) is 24.3. The Bertz CT molecular complexity index is 1630. The fraction of sp³-hybridized carbons (Fsp3) is 0.862. The lowest BCUT2D eigenvalue weighted by Gasteiger charge is -2.29. The number of quaternary nitrogens is 4. The van der Waals surface area contributed by atoms with Gasteiger partial charge in [0.1, 0.15) is 52.6 Å². The molecule has 4 amide bonds. The molecule has 0 aliphatic carbocycles. The molecule has 4 atom stereocenters. The zero-order chi connectivity index (χ0) is 61.3. The number of ether oxygens (including phenoxy) is 4. The van der Waals surface area contributed by atoms with Crippen LogP contribution in [0.25, 0.3) is 0 Å². The first-order valence-electron chi connectivity index (χ1n) is 28.3. The Kier molecular flexibility index (Phi) is 32.4. The summed E-state index contributed by atoms with van der Waals surface area (Å²) in [4.78, 5) is 102. The van der Waals surface area contributed by atoms with Gasteiger partial charge in [0, 0.05) is 23.7 Å². The van der Waals surface area contributed by atoms with E-state index in [1.54, 1.807) is 55.4 Å². The van der Waals surface area contributed by atoms with Gasteiger partial charge < -0.3 is 58.1 Å². The summed E-state index contributed by atoms with van der Waals surface area (Å²) in [5, 5.41) is 11.1. The zero-order valence-corrected chi connectivity index (χ0v) is 53.7. The van der Waals surface area contributed by atoms with E-state index in [9.17, 15) is 38.4 Å². The van der Waals surface area contributed by atoms with E-state index in [1.165, 1.54) is 0 Å². The Balaban J connectivity index is 0. The van der Waals surface area contributed by atoms with Gasteiger partial charge in [-0.05, 0) is 107 Å². The van der Waals surface area contributed by atoms with Crippen molar-refractivity contribution in [3.8, 4) is 0 Å². The molecule has 0 fully saturated rings. The van der Waals surface area contributed by atoms with Gasteiger partial charge >= 0.3 is 23.9 Å². The number of nitrogens with zero attached hydrogens (tertiary/aromatic N) is 4. The van der Waals surface area contributed by atoms with Crippen LogP contribution in [0.15, 0.2) is 0 Å². The topological polar surface area (TPSA) is 222 Å². The molecule has 20 heteroatoms. The van der Waals surface area contributed by atoms with Crippen LogP contribution in [0.2, 0.25) is 0 Å². The fourth-order valence-corrected chi connectivity index (χ4v) is 7.93. The van der Waals surface area contributed by atoms with E-state index in [2.05, 4.69) is 21.3 Å². The van der Waals surface area contributed by atoms with Crippen molar-refractivity contribution in [1.82, 2.24) is 21.3 Å². The third-order valence-electron chi connectivity index (χ3n) is 13.7. The molecule has 0 heterocycles. The number of hydrogen-bond acceptors (Lipinski definition) is 12. The minimum atomic E-state index is -0.814. The summed E-state index contributed by atoms with van der Waals surface area (Å²) in [6, 6.07) is 0. The number of carbonyl (C=O) groups is 8. The van der Waals surface area contributed by atoms with E-state index in [4.69, 9.17) is 18.9 Å². The highest BCUT2D eigenvalue weighted by atomic mass is 16.5. The second-order valence-electron chi connectivity index (χ2n) is 27.9. The number of likely N-dealkylation sites (N-methyl/N-ethyl adjacent to an activating group) is 4. The predicted octanol–water partition coefficient (Wildman–Crippen LogP) is 5.12. The maximum absolute atomic E-state index is 12.9. The monoisotopic (exact) mass is 1120 g/mol. The van der Waals surface area contributed by atoms with E-state index >= 15 is 0 Å². The van der Waals surface area contributed by atoms with Gasteiger partial charge in [-0.2, -0.15) is 0 Å². The van der Waals surface area contributed by atoms with Crippen molar-refractivity contribution in [2.45, 2.75) is 134 Å². The molecule has 0 bridgehead atoms. The zero-order valence-electron chi connectivity index (χ0n) is 53.7. The van der Waals surface area contributed by atoms with Gasteiger partial charge in [0.15, 0.2) is 0 Å². The lowest BCUT2D eigenvalue weighted by molar-refractivity contribution is -0.870. The van der Waals surface area contributed by atoms with E-state index in [0.29, 0.717) is 122 Å². The number of rotatable bonds is 36. The predicted molar refractivity (Wildman–Crippen MR) is 306 cm³/mol. The van der Waals surface area contributed by atoms with Crippen LogP contribution in [0.5, 0.6) is 0 Å². The standard InChI is InChI=1S/2C29H56N4O6/c2*1-13-22(19-28(3,4)26(36)38-17-15-32(7,8)9)24(34)30-21-31-25(35)23(14-2)20-29(5,6)27(37)39-18-16-33(10,11)12/h2*22-23H,13-21H2,1-12H3/p+4. The molecule has 0 aromatic carbocycles. The van der Waals surface area contributed by atoms with Crippen molar-refractivity contribution in [2.24, 2.45) is 45.3 Å². The Hall–Kier alpha value is -4.40. The van der Waals surface area contributed by atoms with Crippen LogP contribution in [0.1, 0.15) is 134 Å². The number of amides is 4. The van der Waals surface area contributed by atoms with E-state index in [-0.39, 0.29) is 60.8 Å². The van der Waals surface area contributed by atoms with E-state index in [0.717, 1.165) is 0 Å². The normalized spacial score (nSPS) is 14.3. The SMILES string of the molecule is CCC(CC(C)(C)C(=O)OCC[N+](C)(C)C)C(=O)NCNC(=O)C(CC)CC(C)(C)C(=O)OCC[N+](C)(C)C.CCC(CC(C)(C)C(=O)OCC[N+](C)(C)C)C(=O)NCNC(=O)C(CC)CC(C)(C)C(=O)OCC[N+](C)(C)C. The van der Waals surface area contributed by atoms with Gasteiger partial charge in [-0.1, -0.05) is 27.7 Å². The second-order valence-corrected chi connectivity index (χ2v) is 27.9. The smallest absolute Gasteiger partial charge is 0.311 e. The van der Waals surface area contributed by atoms with E-state index in [1.807, 2.05) is 112 Å². The highest BCUT2D eigenvalue weighted by Gasteiger charge is 2.39. The van der Waals surface area contributed by atoms with Gasteiger partial charge in [0.2, 0.25) is 23.6 Å². The van der Waals surface area contributed by atoms with Crippen LogP contribution in [0, 0.1) is 45.3 Å². The minimum Gasteiger partial charge on any atom is -0.459 e. The average Bonchev–Trinajstić information content (AvgIpc) is 3.28. The maximum Gasteiger partial charge on any atom is 0.311 e. The van der Waals surface area contributed by atoms with Crippen LogP contribution < -0.4 is 21.3 Å². The first kappa shape index (κ1) is 75.7. The van der Waals surface area contributed by atoms with Crippen molar-refractivity contribution in [3.63, 3.8) is 0 Å². The van der Waals surface area contributed by atoms with Crippen molar-refractivity contribution < 1.29 is 75.2 Å². The Labute approximate surface area is 472 Å². The summed E-state index contributed by atoms with van der Waals surface area (Å²) in [5.41, 5.74) is -3.26. The Morgan fingerprint density at radius 1 is 0.321 bits per heavy atom. The largest absolute Gasteiger partial charge is 0.459 e. The summed E-state index contributed by atoms with van der Waals surface area (Å²) in [6.07, 6.45) is 3.58. The van der Waals surface area contributed by atoms with Gasteiger partial charge in [0.25, 0.3) is 0 Å². The highest BCUT2D eigenvalue weighted by Crippen LogP contribution is 2.32. The van der Waals surface area contributed by atoms with E-state index < -0.39 is 45.3 Å². The summed E-state index contributed by atoms with van der Waals surface area (Å²) in [5.74, 6) is -3.76. The molecule has 0 rings (SSSR count). The molecule has 4 N–H and O–H groups in total. The highest BCUT2D eigenvalue weighted by molar-refractivity contribution is 5.85. The maximum atomic E-state index is 12.9. The van der Waals surface area contributed by atoms with Crippen LogP contribution >= 0.6 is 0 Å². The Morgan fingerprint density at radius 2 is 0.474 bits per heavy atom. The van der Waals surface area contributed by atoms with Crippen LogP contribution in [-0.2, 0) is 57.3 Å². The Morgan fingerprint density at radius 3 is 0.603 bits per heavy atom. The van der Waals surface area contributed by atoms with Crippen molar-refractivity contribution in [3.05, 3.63) is 0 Å². The molecule has 0 aliphatic heterocycles. The summed E-state index contributed by atoms with van der Waals surface area (Å²) in [6.45, 7) is 26.0. The van der Waals surface area contributed by atoms with Crippen molar-refractivity contribution >= 4 is 47.5 Å². The number of hydrogen-bond donors (Lipinski definition) is 4. The molecule has 4 unspecified atom stereocenters.